The van der Waals surface area contributed by atoms with E-state index in [0.29, 0.717) is 37.6 Å². The fourth-order valence-electron chi connectivity index (χ4n) is 6.01. The number of imide groups is 1. The van der Waals surface area contributed by atoms with Crippen LogP contribution >= 0.6 is 0 Å². The fraction of sp³-hybridized carbons (Fsp3) is 0.429. The minimum atomic E-state index is -0.570. The van der Waals surface area contributed by atoms with Crippen molar-refractivity contribution in [3.63, 3.8) is 0 Å². The number of non-ortho nitro benzene ring substituents is 1. The number of fused-ring (bicyclic) bond motifs is 3. The molecule has 4 atom stereocenters. The Labute approximate surface area is 219 Å². The highest BCUT2D eigenvalue weighted by Crippen LogP contribution is 2.50. The molecule has 2 amide bonds. The molecule has 3 aliphatic rings. The summed E-state index contributed by atoms with van der Waals surface area (Å²) in [6, 6.07) is 9.18. The Morgan fingerprint density at radius 2 is 2.05 bits per heavy atom. The van der Waals surface area contributed by atoms with Crippen molar-refractivity contribution in [3.05, 3.63) is 74.8 Å². The molecule has 1 aromatic heterocycles. The minimum Gasteiger partial charge on any atom is -0.459 e. The highest BCUT2D eigenvalue weighted by Gasteiger charge is 2.57. The third-order valence-corrected chi connectivity index (χ3v) is 7.65. The van der Waals surface area contributed by atoms with Crippen LogP contribution in [-0.4, -0.2) is 48.3 Å². The summed E-state index contributed by atoms with van der Waals surface area (Å²) in [7, 11) is 1.60. The summed E-state index contributed by atoms with van der Waals surface area (Å²) in [6.45, 7) is 2.53. The predicted octanol–water partition coefficient (Wildman–Crippen LogP) is 4.03. The van der Waals surface area contributed by atoms with Gasteiger partial charge in [0.2, 0.25) is 11.8 Å². The number of nitrogens with zero attached hydrogens (tertiary/aromatic N) is 2. The molecule has 1 N–H and O–H groups in total. The molecule has 2 fully saturated rings. The van der Waals surface area contributed by atoms with Crippen molar-refractivity contribution < 1.29 is 33.5 Å². The minimum absolute atomic E-state index is 0.150. The summed E-state index contributed by atoms with van der Waals surface area (Å²) in [5.74, 6) is -0.859. The van der Waals surface area contributed by atoms with Gasteiger partial charge in [-0.15, -0.1) is 0 Å². The number of allylic oxidation sites excluding steroid dienone is 1. The van der Waals surface area contributed by atoms with E-state index >= 15 is 0 Å². The van der Waals surface area contributed by atoms with Crippen LogP contribution in [0.15, 0.2) is 57.5 Å². The zero-order chi connectivity index (χ0) is 27.0. The van der Waals surface area contributed by atoms with E-state index in [-0.39, 0.29) is 41.8 Å². The number of rotatable bonds is 9. The molecule has 2 aromatic rings. The van der Waals surface area contributed by atoms with Crippen molar-refractivity contribution in [2.24, 2.45) is 17.8 Å². The van der Waals surface area contributed by atoms with Crippen LogP contribution in [0, 0.1) is 27.9 Å². The number of ether oxygens (including phenoxy) is 2. The van der Waals surface area contributed by atoms with Gasteiger partial charge >= 0.3 is 0 Å². The van der Waals surface area contributed by atoms with Gasteiger partial charge in [0.25, 0.3) is 5.69 Å². The van der Waals surface area contributed by atoms with Gasteiger partial charge in [-0.3, -0.25) is 19.7 Å². The molecule has 0 bridgehead atoms. The second-order valence-electron chi connectivity index (χ2n) is 10.0. The first-order valence-corrected chi connectivity index (χ1v) is 12.6. The Kier molecular flexibility index (Phi) is 7.29. The summed E-state index contributed by atoms with van der Waals surface area (Å²) >= 11 is 0. The van der Waals surface area contributed by atoms with Crippen molar-refractivity contribution in [2.45, 2.75) is 38.9 Å². The standard InChI is InChI=1S/C28H30N2O8/c1-16(10-20-7-8-21(13-31)38-20)6-9-24-25-17(14-36-2)11-22-26(23(25)15-37-24)28(33)29(27(22)32)18-4-3-5-19(12-18)30(34)35/h3-5,7-8,10,12,22-24,26,31H,6,9,11,13-15H2,1-2H3/b16-10+/t22-,23+,24-,26-/m1/s1. The second kappa shape index (κ2) is 10.6. The average Bonchev–Trinajstić information content (AvgIpc) is 3.60. The number of carbonyl (C=O) groups excluding carboxylic acids is 2. The van der Waals surface area contributed by atoms with Crippen LogP contribution in [0.5, 0.6) is 0 Å². The molecule has 10 heteroatoms. The van der Waals surface area contributed by atoms with Gasteiger partial charge < -0.3 is 19.0 Å². The zero-order valence-electron chi connectivity index (χ0n) is 21.3. The van der Waals surface area contributed by atoms with Crippen molar-refractivity contribution in [1.29, 1.82) is 0 Å². The number of furan rings is 1. The normalized spacial score (nSPS) is 25.2. The van der Waals surface area contributed by atoms with Crippen molar-refractivity contribution in [1.82, 2.24) is 0 Å². The van der Waals surface area contributed by atoms with Gasteiger partial charge in [0.05, 0.1) is 41.8 Å². The fourth-order valence-corrected chi connectivity index (χ4v) is 6.01. The summed E-state index contributed by atoms with van der Waals surface area (Å²) < 4.78 is 17.2. The average molecular weight is 523 g/mol. The molecule has 0 spiro atoms. The van der Waals surface area contributed by atoms with Gasteiger partial charge in [0, 0.05) is 25.2 Å². The van der Waals surface area contributed by atoms with Gasteiger partial charge in [0.1, 0.15) is 18.1 Å². The smallest absolute Gasteiger partial charge is 0.271 e. The van der Waals surface area contributed by atoms with E-state index in [1.807, 2.05) is 19.1 Å². The van der Waals surface area contributed by atoms with Crippen LogP contribution in [0.4, 0.5) is 11.4 Å². The molecule has 200 valence electrons. The monoisotopic (exact) mass is 522 g/mol. The Morgan fingerprint density at radius 3 is 2.76 bits per heavy atom. The zero-order valence-corrected chi connectivity index (χ0v) is 21.3. The van der Waals surface area contributed by atoms with Crippen LogP contribution in [0.25, 0.3) is 6.08 Å². The summed E-state index contributed by atoms with van der Waals surface area (Å²) in [6.07, 6.45) is 3.56. The molecule has 1 aliphatic carbocycles. The highest BCUT2D eigenvalue weighted by atomic mass is 16.6. The lowest BCUT2D eigenvalue weighted by Gasteiger charge is -2.31. The Morgan fingerprint density at radius 1 is 1.24 bits per heavy atom. The number of hydrogen-bond donors (Lipinski definition) is 1. The lowest BCUT2D eigenvalue weighted by Crippen LogP contribution is -2.35. The molecule has 0 unspecified atom stereocenters. The Hall–Kier alpha value is -3.60. The molecule has 10 nitrogen and oxygen atoms in total. The number of methoxy groups -OCH3 is 1. The first kappa shape index (κ1) is 26.0. The maximum Gasteiger partial charge on any atom is 0.271 e. The lowest BCUT2D eigenvalue weighted by atomic mass is 9.69. The molecule has 0 saturated carbocycles. The van der Waals surface area contributed by atoms with Crippen LogP contribution < -0.4 is 4.90 Å². The Bertz CT molecular complexity index is 1330. The molecular weight excluding hydrogens is 492 g/mol. The lowest BCUT2D eigenvalue weighted by molar-refractivity contribution is -0.384. The Balaban J connectivity index is 1.37. The van der Waals surface area contributed by atoms with E-state index in [0.717, 1.165) is 28.0 Å². The summed E-state index contributed by atoms with van der Waals surface area (Å²) in [5.41, 5.74) is 3.16. The quantitative estimate of drug-likeness (QED) is 0.226. The molecular formula is C28H30N2O8. The first-order chi connectivity index (χ1) is 18.3. The van der Waals surface area contributed by atoms with Crippen LogP contribution in [0.2, 0.25) is 0 Å². The van der Waals surface area contributed by atoms with Crippen LogP contribution in [0.3, 0.4) is 0 Å². The topological polar surface area (TPSA) is 132 Å². The van der Waals surface area contributed by atoms with Crippen molar-refractivity contribution >= 4 is 29.3 Å². The molecule has 3 heterocycles. The van der Waals surface area contributed by atoms with Gasteiger partial charge in [-0.25, -0.2) is 4.90 Å². The number of nitro groups is 1. The van der Waals surface area contributed by atoms with E-state index < -0.39 is 16.8 Å². The molecule has 2 saturated heterocycles. The number of hydrogen-bond acceptors (Lipinski definition) is 8. The van der Waals surface area contributed by atoms with E-state index in [2.05, 4.69) is 0 Å². The van der Waals surface area contributed by atoms with Crippen LogP contribution in [-0.2, 0) is 25.7 Å². The van der Waals surface area contributed by atoms with E-state index in [1.54, 1.807) is 19.2 Å². The first-order valence-electron chi connectivity index (χ1n) is 12.6. The number of anilines is 1. The molecule has 1 aromatic carbocycles. The highest BCUT2D eigenvalue weighted by molar-refractivity contribution is 6.22. The summed E-state index contributed by atoms with van der Waals surface area (Å²) in [5, 5.41) is 20.5. The summed E-state index contributed by atoms with van der Waals surface area (Å²) in [4.78, 5) is 38.9. The van der Waals surface area contributed by atoms with Crippen molar-refractivity contribution in [2.75, 3.05) is 25.2 Å². The SMILES string of the molecule is COCC1=C2[C@@H](CC/C(C)=C/c3ccc(CO)o3)OC[C@@H]2[C@@H]2C(=O)N(c3cccc([N+](=O)[O-])c3)C(=O)[C@@H]2C1. The van der Waals surface area contributed by atoms with Gasteiger partial charge in [-0.2, -0.15) is 0 Å². The third kappa shape index (κ3) is 4.70. The number of aliphatic hydroxyl groups excluding tert-OH is 1. The second-order valence-corrected chi connectivity index (χ2v) is 10.0. The number of carbonyl (C=O) groups is 2. The molecule has 5 rings (SSSR count). The molecule has 0 radical (unpaired) electrons. The van der Waals surface area contributed by atoms with Gasteiger partial charge in [-0.1, -0.05) is 11.6 Å². The molecule has 38 heavy (non-hydrogen) atoms. The van der Waals surface area contributed by atoms with E-state index in [1.165, 1.54) is 18.2 Å². The third-order valence-electron chi connectivity index (χ3n) is 7.65. The van der Waals surface area contributed by atoms with Crippen molar-refractivity contribution in [3.8, 4) is 0 Å². The predicted molar refractivity (Wildman–Crippen MR) is 137 cm³/mol. The number of nitro benzene ring substituents is 1. The number of amides is 2. The van der Waals surface area contributed by atoms with Gasteiger partial charge in [0.15, 0.2) is 0 Å². The van der Waals surface area contributed by atoms with Gasteiger partial charge in [-0.05, 0) is 61.6 Å². The van der Waals surface area contributed by atoms with E-state index in [9.17, 15) is 24.8 Å². The number of benzene rings is 1. The van der Waals surface area contributed by atoms with E-state index in [4.69, 9.17) is 13.9 Å². The maximum atomic E-state index is 13.6. The molecule has 2 aliphatic heterocycles. The maximum absolute atomic E-state index is 13.6. The largest absolute Gasteiger partial charge is 0.459 e. The number of aliphatic hydroxyl groups is 1. The van der Waals surface area contributed by atoms with Crippen LogP contribution in [0.1, 0.15) is 37.7 Å².